The predicted octanol–water partition coefficient (Wildman–Crippen LogP) is 2.79. The fourth-order valence-corrected chi connectivity index (χ4v) is 6.89. The fourth-order valence-electron chi connectivity index (χ4n) is 6.89. The molecule has 0 bridgehead atoms. The van der Waals surface area contributed by atoms with Crippen molar-refractivity contribution >= 4 is 17.8 Å². The molecule has 2 amide bonds. The van der Waals surface area contributed by atoms with Crippen LogP contribution < -0.4 is 0 Å². The second kappa shape index (κ2) is 9.77. The number of amides is 2. The minimum absolute atomic E-state index is 0.102. The van der Waals surface area contributed by atoms with Crippen molar-refractivity contribution in [2.75, 3.05) is 19.8 Å². The highest BCUT2D eigenvalue weighted by Gasteiger charge is 2.76. The van der Waals surface area contributed by atoms with E-state index in [0.717, 1.165) is 5.56 Å². The maximum Gasteiger partial charge on any atom is 0.313 e. The molecule has 2 aromatic rings. The zero-order valence-corrected chi connectivity index (χ0v) is 21.8. The molecule has 39 heavy (non-hydrogen) atoms. The SMILES string of the molecule is CC[C@]12C=CCOC(=O)[C@H]1[C@H]1C(=O)N([C@H](CO)c3ccccc3)C3C(=O)N(Cc4ccccc4)CC=C[C@@]31O2. The van der Waals surface area contributed by atoms with Gasteiger partial charge in [0.05, 0.1) is 18.6 Å². The molecule has 2 saturated heterocycles. The molecular weight excluding hydrogens is 496 g/mol. The normalized spacial score (nSPS) is 32.3. The molecule has 1 spiro atoms. The van der Waals surface area contributed by atoms with Crippen LogP contribution in [0.3, 0.4) is 0 Å². The van der Waals surface area contributed by atoms with E-state index in [2.05, 4.69) is 0 Å². The van der Waals surface area contributed by atoms with Crippen molar-refractivity contribution in [3.05, 3.63) is 96.1 Å². The number of fused-ring (bicyclic) bond motifs is 2. The van der Waals surface area contributed by atoms with Crippen LogP contribution in [0.4, 0.5) is 0 Å². The van der Waals surface area contributed by atoms with Gasteiger partial charge in [-0.3, -0.25) is 14.4 Å². The van der Waals surface area contributed by atoms with E-state index >= 15 is 0 Å². The Kier molecular flexibility index (Phi) is 6.40. The van der Waals surface area contributed by atoms with E-state index in [1.165, 1.54) is 4.90 Å². The minimum Gasteiger partial charge on any atom is -0.461 e. The van der Waals surface area contributed by atoms with Gasteiger partial charge in [0.25, 0.3) is 0 Å². The summed E-state index contributed by atoms with van der Waals surface area (Å²) in [5, 5.41) is 10.6. The maximum absolute atomic E-state index is 14.5. The molecule has 0 aromatic heterocycles. The van der Waals surface area contributed by atoms with Crippen LogP contribution in [0.5, 0.6) is 0 Å². The highest BCUT2D eigenvalue weighted by molar-refractivity contribution is 5.99. The highest BCUT2D eigenvalue weighted by Crippen LogP contribution is 2.59. The van der Waals surface area contributed by atoms with E-state index in [1.807, 2.05) is 85.8 Å². The minimum atomic E-state index is -1.40. The summed E-state index contributed by atoms with van der Waals surface area (Å²) in [6.45, 7) is 2.30. The third-order valence-electron chi connectivity index (χ3n) is 8.63. The Bertz CT molecular complexity index is 1330. The van der Waals surface area contributed by atoms with Crippen LogP contribution in [0.15, 0.2) is 85.0 Å². The van der Waals surface area contributed by atoms with Gasteiger partial charge in [0, 0.05) is 13.1 Å². The van der Waals surface area contributed by atoms with Gasteiger partial charge < -0.3 is 24.4 Å². The van der Waals surface area contributed by atoms with Crippen LogP contribution in [0.25, 0.3) is 0 Å². The molecule has 4 heterocycles. The average Bonchev–Trinajstić information content (AvgIpc) is 3.24. The number of hydrogen-bond donors (Lipinski definition) is 1. The number of aliphatic hydroxyl groups excluding tert-OH is 1. The zero-order chi connectivity index (χ0) is 27.2. The molecule has 4 aliphatic heterocycles. The van der Waals surface area contributed by atoms with Crippen LogP contribution in [-0.4, -0.2) is 69.7 Å². The van der Waals surface area contributed by atoms with Gasteiger partial charge in [-0.05, 0) is 23.6 Å². The molecule has 8 nitrogen and oxygen atoms in total. The molecule has 0 radical (unpaired) electrons. The first-order chi connectivity index (χ1) is 19.0. The van der Waals surface area contributed by atoms with Gasteiger partial charge >= 0.3 is 5.97 Å². The van der Waals surface area contributed by atoms with E-state index < -0.39 is 53.6 Å². The summed E-state index contributed by atoms with van der Waals surface area (Å²) >= 11 is 0. The second-order valence-corrected chi connectivity index (χ2v) is 10.6. The molecule has 8 heteroatoms. The van der Waals surface area contributed by atoms with E-state index in [4.69, 9.17) is 9.47 Å². The number of nitrogens with zero attached hydrogens (tertiary/aromatic N) is 2. The third-order valence-corrected chi connectivity index (χ3v) is 8.63. The fraction of sp³-hybridized carbons (Fsp3) is 0.387. The maximum atomic E-state index is 14.5. The quantitative estimate of drug-likeness (QED) is 0.458. The van der Waals surface area contributed by atoms with Crippen molar-refractivity contribution in [3.8, 4) is 0 Å². The van der Waals surface area contributed by atoms with Gasteiger partial charge in [0.15, 0.2) is 0 Å². The Morgan fingerprint density at radius 3 is 2.36 bits per heavy atom. The topological polar surface area (TPSA) is 96.4 Å². The molecule has 0 aliphatic carbocycles. The Morgan fingerprint density at radius 1 is 0.949 bits per heavy atom. The molecule has 1 unspecified atom stereocenters. The van der Waals surface area contributed by atoms with E-state index in [1.54, 1.807) is 11.0 Å². The van der Waals surface area contributed by atoms with Crippen LogP contribution >= 0.6 is 0 Å². The number of aliphatic hydroxyl groups is 1. The molecule has 2 aromatic carbocycles. The Balaban J connectivity index is 1.51. The largest absolute Gasteiger partial charge is 0.461 e. The molecule has 1 N–H and O–H groups in total. The summed E-state index contributed by atoms with van der Waals surface area (Å²) in [7, 11) is 0. The van der Waals surface area contributed by atoms with Crippen molar-refractivity contribution in [1.29, 1.82) is 0 Å². The molecule has 4 aliphatic rings. The number of hydrogen-bond acceptors (Lipinski definition) is 6. The van der Waals surface area contributed by atoms with Crippen molar-refractivity contribution in [2.24, 2.45) is 11.8 Å². The molecule has 6 rings (SSSR count). The first kappa shape index (κ1) is 25.5. The summed E-state index contributed by atoms with van der Waals surface area (Å²) < 4.78 is 12.4. The Labute approximate surface area is 227 Å². The van der Waals surface area contributed by atoms with Crippen molar-refractivity contribution in [1.82, 2.24) is 9.80 Å². The van der Waals surface area contributed by atoms with E-state index in [0.29, 0.717) is 25.1 Å². The number of cyclic esters (lactones) is 1. The smallest absolute Gasteiger partial charge is 0.313 e. The number of carbonyl (C=O) groups is 3. The summed E-state index contributed by atoms with van der Waals surface area (Å²) in [5.74, 6) is -3.09. The van der Waals surface area contributed by atoms with Crippen LogP contribution in [0, 0.1) is 11.8 Å². The number of rotatable bonds is 6. The number of benzene rings is 2. The van der Waals surface area contributed by atoms with Crippen molar-refractivity contribution in [2.45, 2.75) is 43.2 Å². The molecule has 0 saturated carbocycles. The molecular formula is C31H32N2O6. The number of carbonyl (C=O) groups excluding carboxylic acids is 3. The molecule has 202 valence electrons. The van der Waals surface area contributed by atoms with Gasteiger partial charge in [-0.25, -0.2) is 0 Å². The first-order valence-electron chi connectivity index (χ1n) is 13.5. The van der Waals surface area contributed by atoms with E-state index in [9.17, 15) is 19.5 Å². The van der Waals surface area contributed by atoms with Gasteiger partial charge in [0.1, 0.15) is 29.8 Å². The predicted molar refractivity (Wildman–Crippen MR) is 142 cm³/mol. The standard InChI is InChI=1S/C31H32N2O6/c1-2-30-15-10-18-38-29(37)25(30)24-27(35)33(23(20-34)22-13-7-4-8-14-22)26-28(36)32(17-9-16-31(24,26)39-30)19-21-11-5-3-6-12-21/h3-16,23-26,34H,2,17-20H2,1H3/t23-,24+,25-,26?,30+,31+/m1/s1. The first-order valence-corrected chi connectivity index (χ1v) is 13.5. The van der Waals surface area contributed by atoms with Gasteiger partial charge in [0.2, 0.25) is 11.8 Å². The monoisotopic (exact) mass is 528 g/mol. The molecule has 2 fully saturated rings. The summed E-state index contributed by atoms with van der Waals surface area (Å²) in [6, 6.07) is 17.0. The lowest BCUT2D eigenvalue weighted by atomic mass is 9.73. The van der Waals surface area contributed by atoms with Crippen molar-refractivity contribution in [3.63, 3.8) is 0 Å². The lowest BCUT2D eigenvalue weighted by Crippen LogP contribution is -2.56. The van der Waals surface area contributed by atoms with Crippen LogP contribution in [0.2, 0.25) is 0 Å². The highest BCUT2D eigenvalue weighted by atomic mass is 16.6. The summed E-state index contributed by atoms with van der Waals surface area (Å²) in [5.41, 5.74) is -0.829. The summed E-state index contributed by atoms with van der Waals surface area (Å²) in [4.78, 5) is 45.6. The number of ether oxygens (including phenoxy) is 2. The lowest BCUT2D eigenvalue weighted by Gasteiger charge is -2.40. The summed E-state index contributed by atoms with van der Waals surface area (Å²) in [6.07, 6.45) is 7.69. The number of esters is 1. The van der Waals surface area contributed by atoms with Crippen LogP contribution in [-0.2, 0) is 30.4 Å². The average molecular weight is 529 g/mol. The lowest BCUT2D eigenvalue weighted by molar-refractivity contribution is -0.161. The second-order valence-electron chi connectivity index (χ2n) is 10.6. The van der Waals surface area contributed by atoms with Crippen LogP contribution in [0.1, 0.15) is 30.5 Å². The van der Waals surface area contributed by atoms with Gasteiger partial charge in [-0.2, -0.15) is 0 Å². The number of likely N-dealkylation sites (tertiary alicyclic amines) is 1. The Morgan fingerprint density at radius 2 is 1.67 bits per heavy atom. The Hall–Kier alpha value is -3.75. The van der Waals surface area contributed by atoms with Gasteiger partial charge in [-0.15, -0.1) is 0 Å². The molecule has 6 atom stereocenters. The van der Waals surface area contributed by atoms with Crippen molar-refractivity contribution < 1.29 is 29.0 Å². The zero-order valence-electron chi connectivity index (χ0n) is 21.8. The third kappa shape index (κ3) is 3.85. The van der Waals surface area contributed by atoms with Gasteiger partial charge in [-0.1, -0.05) is 85.8 Å². The van der Waals surface area contributed by atoms with E-state index in [-0.39, 0.29) is 12.5 Å².